The van der Waals surface area contributed by atoms with Gasteiger partial charge in [0.15, 0.2) is 0 Å². The molecule has 0 aromatic carbocycles. The topological polar surface area (TPSA) is 93.9 Å². The summed E-state index contributed by atoms with van der Waals surface area (Å²) in [4.78, 5) is 11.7. The second-order valence-corrected chi connectivity index (χ2v) is 9.07. The van der Waals surface area contributed by atoms with Gasteiger partial charge in [-0.15, -0.1) is 5.10 Å². The van der Waals surface area contributed by atoms with Gasteiger partial charge in [0.05, 0.1) is 32.1 Å². The molecule has 198 valence electrons. The summed E-state index contributed by atoms with van der Waals surface area (Å²) >= 11 is 0. The lowest BCUT2D eigenvalue weighted by molar-refractivity contribution is -0.121. The standard InChI is InChI=1S/C25H47N3O6/c1-22(2)21-34-19-18-33-16-7-14-31-12-5-11-30-13-6-15-32-17-10-28-20-24(26-27-28)8-9-25(29)23(3)4/h20,22-23H,5-19,21H2,1-4H3. The van der Waals surface area contributed by atoms with Gasteiger partial charge in [-0.1, -0.05) is 32.9 Å². The van der Waals surface area contributed by atoms with Crippen molar-refractivity contribution >= 4 is 5.78 Å². The third-order valence-corrected chi connectivity index (χ3v) is 4.88. The zero-order valence-corrected chi connectivity index (χ0v) is 21.8. The van der Waals surface area contributed by atoms with Crippen LogP contribution in [0.5, 0.6) is 0 Å². The number of aromatic nitrogens is 3. The Labute approximate surface area is 205 Å². The van der Waals surface area contributed by atoms with Crippen LogP contribution in [0.15, 0.2) is 6.20 Å². The molecular formula is C25H47N3O6. The number of ketones is 1. The molecule has 0 saturated carbocycles. The molecule has 1 aromatic rings. The van der Waals surface area contributed by atoms with E-state index in [1.54, 1.807) is 4.68 Å². The largest absolute Gasteiger partial charge is 0.381 e. The van der Waals surface area contributed by atoms with Crippen LogP contribution in [0.1, 0.15) is 59.1 Å². The van der Waals surface area contributed by atoms with Crippen molar-refractivity contribution in [2.75, 3.05) is 66.1 Å². The number of hydrogen-bond donors (Lipinski definition) is 0. The second kappa shape index (κ2) is 20.9. The molecule has 0 aliphatic heterocycles. The number of ether oxygens (including phenoxy) is 5. The molecule has 0 unspecified atom stereocenters. The van der Waals surface area contributed by atoms with Crippen molar-refractivity contribution in [1.29, 1.82) is 0 Å². The van der Waals surface area contributed by atoms with Crippen molar-refractivity contribution < 1.29 is 28.5 Å². The van der Waals surface area contributed by atoms with E-state index in [0.717, 1.165) is 31.6 Å². The van der Waals surface area contributed by atoms with Crippen LogP contribution in [0, 0.1) is 11.8 Å². The predicted molar refractivity (Wildman–Crippen MR) is 131 cm³/mol. The fourth-order valence-corrected chi connectivity index (χ4v) is 2.89. The van der Waals surface area contributed by atoms with Crippen molar-refractivity contribution in [3.8, 4) is 0 Å². The Hall–Kier alpha value is -1.39. The molecule has 1 aromatic heterocycles. The highest BCUT2D eigenvalue weighted by Gasteiger charge is 2.09. The monoisotopic (exact) mass is 485 g/mol. The maximum absolute atomic E-state index is 11.7. The second-order valence-electron chi connectivity index (χ2n) is 9.07. The van der Waals surface area contributed by atoms with Gasteiger partial charge in [0, 0.05) is 71.2 Å². The third-order valence-electron chi connectivity index (χ3n) is 4.88. The summed E-state index contributed by atoms with van der Waals surface area (Å²) in [6, 6.07) is 0. The highest BCUT2D eigenvalue weighted by molar-refractivity contribution is 5.80. The lowest BCUT2D eigenvalue weighted by Gasteiger charge is -2.08. The molecule has 1 heterocycles. The summed E-state index contributed by atoms with van der Waals surface area (Å²) in [7, 11) is 0. The molecule has 0 aliphatic rings. The number of rotatable bonds is 24. The van der Waals surface area contributed by atoms with Crippen LogP contribution in [0.3, 0.4) is 0 Å². The molecule has 0 fully saturated rings. The van der Waals surface area contributed by atoms with Gasteiger partial charge in [-0.05, 0) is 25.2 Å². The molecular weight excluding hydrogens is 438 g/mol. The van der Waals surface area contributed by atoms with Crippen LogP contribution in [-0.4, -0.2) is 86.8 Å². The molecule has 0 bridgehead atoms. The van der Waals surface area contributed by atoms with Gasteiger partial charge >= 0.3 is 0 Å². The Morgan fingerprint density at radius 1 is 0.794 bits per heavy atom. The molecule has 0 N–H and O–H groups in total. The lowest BCUT2D eigenvalue weighted by atomic mass is 10.0. The molecule has 0 radical (unpaired) electrons. The summed E-state index contributed by atoms with van der Waals surface area (Å²) in [6.07, 6.45) is 5.70. The normalized spacial score (nSPS) is 11.7. The molecule has 34 heavy (non-hydrogen) atoms. The number of carbonyl (C=O) groups excluding carboxylic acids is 1. The Bertz CT molecular complexity index is 609. The molecule has 0 atom stereocenters. The Kier molecular flexibility index (Phi) is 18.9. The van der Waals surface area contributed by atoms with Crippen molar-refractivity contribution in [3.63, 3.8) is 0 Å². The van der Waals surface area contributed by atoms with Crippen LogP contribution in [0.25, 0.3) is 0 Å². The van der Waals surface area contributed by atoms with E-state index < -0.39 is 0 Å². The minimum atomic E-state index is 0.0710. The fraction of sp³-hybridized carbons (Fsp3) is 0.880. The number of hydrogen-bond acceptors (Lipinski definition) is 8. The Balaban J connectivity index is 1.79. The van der Waals surface area contributed by atoms with Crippen molar-refractivity contribution in [2.24, 2.45) is 11.8 Å². The van der Waals surface area contributed by atoms with Crippen molar-refractivity contribution in [2.45, 2.75) is 66.3 Å². The first kappa shape index (κ1) is 30.6. The molecule has 9 heteroatoms. The quantitative estimate of drug-likeness (QED) is 0.206. The summed E-state index contributed by atoms with van der Waals surface area (Å²) < 4.78 is 29.6. The summed E-state index contributed by atoms with van der Waals surface area (Å²) in [5, 5.41) is 8.20. The van der Waals surface area contributed by atoms with E-state index in [1.807, 2.05) is 20.0 Å². The van der Waals surface area contributed by atoms with Gasteiger partial charge in [0.1, 0.15) is 5.78 Å². The Morgan fingerprint density at radius 2 is 1.32 bits per heavy atom. The van der Waals surface area contributed by atoms with E-state index in [4.69, 9.17) is 23.7 Å². The summed E-state index contributed by atoms with van der Waals surface area (Å²) in [5.74, 6) is 0.894. The Morgan fingerprint density at radius 3 is 1.88 bits per heavy atom. The van der Waals surface area contributed by atoms with Gasteiger partial charge in [0.2, 0.25) is 0 Å². The van der Waals surface area contributed by atoms with E-state index in [1.165, 1.54) is 0 Å². The van der Waals surface area contributed by atoms with E-state index in [2.05, 4.69) is 24.2 Å². The smallest absolute Gasteiger partial charge is 0.135 e. The molecule has 0 amide bonds. The van der Waals surface area contributed by atoms with E-state index in [0.29, 0.717) is 84.8 Å². The third kappa shape index (κ3) is 18.0. The SMILES string of the molecule is CC(C)COCCOCCCOCCCOCCCOCCn1cc(CCC(=O)C(C)C)nn1. The number of carbonyl (C=O) groups is 1. The molecule has 0 saturated heterocycles. The highest BCUT2D eigenvalue weighted by atomic mass is 16.5. The molecule has 9 nitrogen and oxygen atoms in total. The van der Waals surface area contributed by atoms with Crippen molar-refractivity contribution in [3.05, 3.63) is 11.9 Å². The maximum Gasteiger partial charge on any atom is 0.135 e. The molecule has 0 aliphatic carbocycles. The highest BCUT2D eigenvalue weighted by Crippen LogP contribution is 2.04. The maximum atomic E-state index is 11.7. The number of aryl methyl sites for hydroxylation is 1. The van der Waals surface area contributed by atoms with Gasteiger partial charge in [-0.2, -0.15) is 0 Å². The molecule has 0 spiro atoms. The zero-order valence-electron chi connectivity index (χ0n) is 21.8. The van der Waals surface area contributed by atoms with Crippen LogP contribution < -0.4 is 0 Å². The van der Waals surface area contributed by atoms with Gasteiger partial charge < -0.3 is 23.7 Å². The summed E-state index contributed by atoms with van der Waals surface area (Å²) in [6.45, 7) is 15.6. The minimum Gasteiger partial charge on any atom is -0.381 e. The predicted octanol–water partition coefficient (Wildman–Crippen LogP) is 3.35. The van der Waals surface area contributed by atoms with Gasteiger partial charge in [0.25, 0.3) is 0 Å². The van der Waals surface area contributed by atoms with Crippen LogP contribution >= 0.6 is 0 Å². The average Bonchev–Trinajstić information content (AvgIpc) is 3.26. The first-order valence-corrected chi connectivity index (χ1v) is 12.8. The van der Waals surface area contributed by atoms with Crippen LogP contribution in [-0.2, 0) is 41.4 Å². The number of nitrogens with zero attached hydrogens (tertiary/aromatic N) is 3. The van der Waals surface area contributed by atoms with Crippen LogP contribution in [0.4, 0.5) is 0 Å². The van der Waals surface area contributed by atoms with E-state index in [9.17, 15) is 4.79 Å². The number of Topliss-reactive ketones (excluding diaryl/α,β-unsaturated/α-hetero) is 1. The van der Waals surface area contributed by atoms with Crippen molar-refractivity contribution in [1.82, 2.24) is 15.0 Å². The minimum absolute atomic E-state index is 0.0710. The fourth-order valence-electron chi connectivity index (χ4n) is 2.89. The van der Waals surface area contributed by atoms with E-state index in [-0.39, 0.29) is 11.7 Å². The zero-order chi connectivity index (χ0) is 24.9. The lowest BCUT2D eigenvalue weighted by Crippen LogP contribution is -2.10. The van der Waals surface area contributed by atoms with Crippen LogP contribution in [0.2, 0.25) is 0 Å². The van der Waals surface area contributed by atoms with Gasteiger partial charge in [-0.3, -0.25) is 4.79 Å². The van der Waals surface area contributed by atoms with E-state index >= 15 is 0 Å². The average molecular weight is 486 g/mol. The first-order chi connectivity index (χ1) is 16.5. The van der Waals surface area contributed by atoms with Gasteiger partial charge in [-0.25, -0.2) is 4.68 Å². The first-order valence-electron chi connectivity index (χ1n) is 12.8. The summed E-state index contributed by atoms with van der Waals surface area (Å²) in [5.41, 5.74) is 0.849. The molecule has 1 rings (SSSR count).